The number of amides is 1. The van der Waals surface area contributed by atoms with E-state index < -0.39 is 0 Å². The average molecular weight is 322 g/mol. The van der Waals surface area contributed by atoms with Crippen LogP contribution in [-0.4, -0.2) is 41.9 Å². The average Bonchev–Trinajstić information content (AvgIpc) is 2.59. The molecule has 1 amide bonds. The summed E-state index contributed by atoms with van der Waals surface area (Å²) in [6.07, 6.45) is 0. The van der Waals surface area contributed by atoms with Gasteiger partial charge in [0.25, 0.3) is 5.91 Å². The summed E-state index contributed by atoms with van der Waals surface area (Å²) < 4.78 is 0. The van der Waals surface area contributed by atoms with Crippen molar-refractivity contribution >= 4 is 5.91 Å². The third-order valence-electron chi connectivity index (χ3n) is 5.07. The van der Waals surface area contributed by atoms with Gasteiger partial charge in [-0.3, -0.25) is 9.69 Å². The van der Waals surface area contributed by atoms with Gasteiger partial charge in [-0.2, -0.15) is 0 Å². The van der Waals surface area contributed by atoms with Gasteiger partial charge in [-0.25, -0.2) is 0 Å². The molecule has 3 nitrogen and oxygen atoms in total. The Morgan fingerprint density at radius 3 is 2.25 bits per heavy atom. The molecule has 0 bridgehead atoms. The number of aryl methyl sites for hydroxylation is 3. The van der Waals surface area contributed by atoms with Gasteiger partial charge in [0.2, 0.25) is 0 Å². The Morgan fingerprint density at radius 1 is 0.875 bits per heavy atom. The quantitative estimate of drug-likeness (QED) is 0.862. The normalized spacial score (nSPS) is 15.5. The van der Waals surface area contributed by atoms with Gasteiger partial charge >= 0.3 is 0 Å². The minimum absolute atomic E-state index is 0.161. The molecule has 0 aromatic heterocycles. The van der Waals surface area contributed by atoms with E-state index in [0.717, 1.165) is 38.3 Å². The zero-order chi connectivity index (χ0) is 17.1. The van der Waals surface area contributed by atoms with E-state index in [9.17, 15) is 4.79 Å². The van der Waals surface area contributed by atoms with Crippen LogP contribution in [0.2, 0.25) is 0 Å². The molecule has 1 aliphatic rings. The molecule has 2 aromatic carbocycles. The lowest BCUT2D eigenvalue weighted by atomic mass is 10.1. The smallest absolute Gasteiger partial charge is 0.253 e. The Kier molecular flexibility index (Phi) is 5.00. The van der Waals surface area contributed by atoms with Crippen molar-refractivity contribution in [1.82, 2.24) is 9.80 Å². The van der Waals surface area contributed by atoms with Crippen LogP contribution in [0.1, 0.15) is 32.6 Å². The monoisotopic (exact) mass is 322 g/mol. The first kappa shape index (κ1) is 16.7. The zero-order valence-electron chi connectivity index (χ0n) is 14.9. The van der Waals surface area contributed by atoms with E-state index in [1.165, 1.54) is 22.3 Å². The zero-order valence-corrected chi connectivity index (χ0v) is 14.9. The van der Waals surface area contributed by atoms with E-state index >= 15 is 0 Å². The van der Waals surface area contributed by atoms with E-state index in [1.807, 2.05) is 23.1 Å². The van der Waals surface area contributed by atoms with Crippen LogP contribution in [0.3, 0.4) is 0 Å². The summed E-state index contributed by atoms with van der Waals surface area (Å²) in [5, 5.41) is 0. The Bertz CT molecular complexity index is 730. The molecule has 3 heteroatoms. The van der Waals surface area contributed by atoms with E-state index in [2.05, 4.69) is 49.9 Å². The number of nitrogens with zero attached hydrogens (tertiary/aromatic N) is 2. The van der Waals surface area contributed by atoms with Gasteiger partial charge in [0.1, 0.15) is 0 Å². The fourth-order valence-corrected chi connectivity index (χ4v) is 3.19. The van der Waals surface area contributed by atoms with Gasteiger partial charge in [0.15, 0.2) is 0 Å². The van der Waals surface area contributed by atoms with E-state index in [0.29, 0.717) is 0 Å². The van der Waals surface area contributed by atoms with Crippen molar-refractivity contribution in [3.8, 4) is 0 Å². The Hall–Kier alpha value is -2.13. The highest BCUT2D eigenvalue weighted by Crippen LogP contribution is 2.16. The minimum atomic E-state index is 0.161. The van der Waals surface area contributed by atoms with Crippen LogP contribution in [0.25, 0.3) is 0 Å². The highest BCUT2D eigenvalue weighted by atomic mass is 16.2. The van der Waals surface area contributed by atoms with Crippen molar-refractivity contribution in [2.45, 2.75) is 27.3 Å². The number of hydrogen-bond donors (Lipinski definition) is 0. The number of benzene rings is 2. The summed E-state index contributed by atoms with van der Waals surface area (Å²) in [5.74, 6) is 0.161. The van der Waals surface area contributed by atoms with Crippen molar-refractivity contribution < 1.29 is 4.79 Å². The molecule has 0 unspecified atom stereocenters. The molecule has 1 heterocycles. The Balaban J connectivity index is 1.59. The lowest BCUT2D eigenvalue weighted by Gasteiger charge is -2.35. The van der Waals surface area contributed by atoms with E-state index in [4.69, 9.17) is 0 Å². The molecule has 0 spiro atoms. The third-order valence-corrected chi connectivity index (χ3v) is 5.07. The molecule has 0 N–H and O–H groups in total. The van der Waals surface area contributed by atoms with Gasteiger partial charge in [0, 0.05) is 38.3 Å². The van der Waals surface area contributed by atoms with Gasteiger partial charge in [0.05, 0.1) is 0 Å². The van der Waals surface area contributed by atoms with Gasteiger partial charge < -0.3 is 4.90 Å². The summed E-state index contributed by atoms with van der Waals surface area (Å²) in [7, 11) is 0. The SMILES string of the molecule is Cc1ccc(C(=O)N2CCN(Cc3ccccc3C)CC2)cc1C. The van der Waals surface area contributed by atoms with Crippen LogP contribution < -0.4 is 0 Å². The van der Waals surface area contributed by atoms with Crippen molar-refractivity contribution in [3.63, 3.8) is 0 Å². The lowest BCUT2D eigenvalue weighted by molar-refractivity contribution is 0.0628. The summed E-state index contributed by atoms with van der Waals surface area (Å²) >= 11 is 0. The highest BCUT2D eigenvalue weighted by molar-refractivity contribution is 5.94. The molecule has 2 aromatic rings. The van der Waals surface area contributed by atoms with Gasteiger partial charge in [-0.15, -0.1) is 0 Å². The van der Waals surface area contributed by atoms with Crippen molar-refractivity contribution in [2.75, 3.05) is 26.2 Å². The maximum absolute atomic E-state index is 12.7. The van der Waals surface area contributed by atoms with Gasteiger partial charge in [-0.1, -0.05) is 30.3 Å². The van der Waals surface area contributed by atoms with Crippen LogP contribution in [-0.2, 0) is 6.54 Å². The molecule has 0 aliphatic carbocycles. The van der Waals surface area contributed by atoms with Crippen LogP contribution >= 0.6 is 0 Å². The molecular formula is C21H26N2O. The number of hydrogen-bond acceptors (Lipinski definition) is 2. The molecule has 1 aliphatic heterocycles. The van der Waals surface area contributed by atoms with Crippen LogP contribution in [0.15, 0.2) is 42.5 Å². The first-order valence-electron chi connectivity index (χ1n) is 8.68. The lowest BCUT2D eigenvalue weighted by Crippen LogP contribution is -2.48. The van der Waals surface area contributed by atoms with Crippen LogP contribution in [0.4, 0.5) is 0 Å². The summed E-state index contributed by atoms with van der Waals surface area (Å²) in [4.78, 5) is 17.1. The number of rotatable bonds is 3. The first-order valence-corrected chi connectivity index (χ1v) is 8.68. The Morgan fingerprint density at radius 2 is 1.58 bits per heavy atom. The molecule has 1 fully saturated rings. The molecule has 0 atom stereocenters. The molecule has 0 radical (unpaired) electrons. The molecular weight excluding hydrogens is 296 g/mol. The maximum Gasteiger partial charge on any atom is 0.253 e. The predicted molar refractivity (Wildman–Crippen MR) is 98.3 cm³/mol. The van der Waals surface area contributed by atoms with Crippen molar-refractivity contribution in [2.24, 2.45) is 0 Å². The molecule has 0 saturated carbocycles. The minimum Gasteiger partial charge on any atom is -0.336 e. The Labute approximate surface area is 144 Å². The fraction of sp³-hybridized carbons (Fsp3) is 0.381. The predicted octanol–water partition coefficient (Wildman–Crippen LogP) is 3.57. The number of piperazine rings is 1. The van der Waals surface area contributed by atoms with Crippen LogP contribution in [0.5, 0.6) is 0 Å². The summed E-state index contributed by atoms with van der Waals surface area (Å²) in [6.45, 7) is 10.7. The molecule has 3 rings (SSSR count). The summed E-state index contributed by atoms with van der Waals surface area (Å²) in [5.41, 5.74) is 5.94. The second-order valence-corrected chi connectivity index (χ2v) is 6.79. The largest absolute Gasteiger partial charge is 0.336 e. The van der Waals surface area contributed by atoms with Crippen molar-refractivity contribution in [1.29, 1.82) is 0 Å². The molecule has 126 valence electrons. The molecule has 1 saturated heterocycles. The highest BCUT2D eigenvalue weighted by Gasteiger charge is 2.22. The first-order chi connectivity index (χ1) is 11.5. The van der Waals surface area contributed by atoms with Crippen LogP contribution in [0, 0.1) is 20.8 Å². The second-order valence-electron chi connectivity index (χ2n) is 6.79. The standard InChI is InChI=1S/C21H26N2O/c1-16-8-9-19(14-18(16)3)21(24)23-12-10-22(11-13-23)15-20-7-5-4-6-17(20)2/h4-9,14H,10-13,15H2,1-3H3. The number of carbonyl (C=O) groups excluding carboxylic acids is 1. The summed E-state index contributed by atoms with van der Waals surface area (Å²) in [6, 6.07) is 14.5. The van der Waals surface area contributed by atoms with E-state index in [-0.39, 0.29) is 5.91 Å². The van der Waals surface area contributed by atoms with Crippen molar-refractivity contribution in [3.05, 3.63) is 70.3 Å². The van der Waals surface area contributed by atoms with E-state index in [1.54, 1.807) is 0 Å². The third kappa shape index (κ3) is 3.68. The fourth-order valence-electron chi connectivity index (χ4n) is 3.19. The van der Waals surface area contributed by atoms with Gasteiger partial charge in [-0.05, 0) is 55.2 Å². The topological polar surface area (TPSA) is 23.6 Å². The number of carbonyl (C=O) groups is 1. The molecule has 24 heavy (non-hydrogen) atoms. The maximum atomic E-state index is 12.7. The second kappa shape index (κ2) is 7.18.